The molecule has 0 saturated heterocycles. The number of nitrogens with zero attached hydrogens (tertiary/aromatic N) is 2. The van der Waals surface area contributed by atoms with E-state index in [1.165, 1.54) is 12.1 Å². The molecule has 6 heteroatoms. The lowest BCUT2D eigenvalue weighted by molar-refractivity contribution is -0.116. The van der Waals surface area contributed by atoms with Gasteiger partial charge in [0.2, 0.25) is 5.91 Å². The summed E-state index contributed by atoms with van der Waals surface area (Å²) in [5, 5.41) is 7.14. The molecule has 1 N–H and O–H groups in total. The van der Waals surface area contributed by atoms with Gasteiger partial charge in [-0.15, -0.1) is 0 Å². The van der Waals surface area contributed by atoms with Gasteiger partial charge in [-0.05, 0) is 32.4 Å². The summed E-state index contributed by atoms with van der Waals surface area (Å²) in [5.41, 5.74) is 0.746. The molecule has 0 unspecified atom stereocenters. The van der Waals surface area contributed by atoms with E-state index < -0.39 is 17.6 Å². The molecule has 1 aliphatic heterocycles. The number of fused-ring (bicyclic) bond motifs is 1. The summed E-state index contributed by atoms with van der Waals surface area (Å²) in [6, 6.07) is 3.45. The van der Waals surface area contributed by atoms with Gasteiger partial charge in [-0.2, -0.15) is 5.10 Å². The van der Waals surface area contributed by atoms with Gasteiger partial charge in [0.15, 0.2) is 0 Å². The van der Waals surface area contributed by atoms with E-state index in [9.17, 15) is 13.6 Å². The monoisotopic (exact) mass is 305 g/mol. The Morgan fingerprint density at radius 1 is 1.27 bits per heavy atom. The van der Waals surface area contributed by atoms with Crippen LogP contribution in [0, 0.1) is 11.6 Å². The number of carbonyl (C=O) groups is 1. The zero-order chi connectivity index (χ0) is 16.1. The van der Waals surface area contributed by atoms with E-state index in [1.807, 2.05) is 20.8 Å². The third-order valence-electron chi connectivity index (χ3n) is 3.79. The highest BCUT2D eigenvalue weighted by Crippen LogP contribution is 2.39. The Hall–Kier alpha value is -2.24. The molecule has 1 aromatic carbocycles. The molecule has 1 atom stereocenters. The van der Waals surface area contributed by atoms with Crippen molar-refractivity contribution < 1.29 is 13.6 Å². The fourth-order valence-corrected chi connectivity index (χ4v) is 2.79. The predicted molar refractivity (Wildman–Crippen MR) is 78.7 cm³/mol. The lowest BCUT2D eigenvalue weighted by atomic mass is 9.87. The van der Waals surface area contributed by atoms with E-state index in [0.717, 1.165) is 11.6 Å². The number of hydrogen-bond acceptors (Lipinski definition) is 2. The van der Waals surface area contributed by atoms with Crippen molar-refractivity contribution in [1.82, 2.24) is 9.78 Å². The zero-order valence-corrected chi connectivity index (χ0v) is 12.7. The van der Waals surface area contributed by atoms with Crippen LogP contribution < -0.4 is 5.32 Å². The average molecular weight is 305 g/mol. The summed E-state index contributed by atoms with van der Waals surface area (Å²) >= 11 is 0. The van der Waals surface area contributed by atoms with Crippen molar-refractivity contribution >= 4 is 11.7 Å². The van der Waals surface area contributed by atoms with Crippen molar-refractivity contribution in [2.24, 2.45) is 0 Å². The molecular weight excluding hydrogens is 288 g/mol. The van der Waals surface area contributed by atoms with Crippen LogP contribution in [0.1, 0.15) is 44.2 Å². The average Bonchev–Trinajstić information content (AvgIpc) is 2.81. The van der Waals surface area contributed by atoms with Gasteiger partial charge >= 0.3 is 0 Å². The van der Waals surface area contributed by atoms with Gasteiger partial charge in [-0.25, -0.2) is 13.5 Å². The lowest BCUT2D eigenvalue weighted by Gasteiger charge is -2.28. The third kappa shape index (κ3) is 2.38. The molecule has 1 amide bonds. The Bertz CT molecular complexity index is 746. The van der Waals surface area contributed by atoms with E-state index in [2.05, 4.69) is 10.4 Å². The maximum Gasteiger partial charge on any atom is 0.226 e. The summed E-state index contributed by atoms with van der Waals surface area (Å²) in [4.78, 5) is 12.0. The van der Waals surface area contributed by atoms with Crippen LogP contribution in [0.25, 0.3) is 0 Å². The summed E-state index contributed by atoms with van der Waals surface area (Å²) in [6.45, 7) is 5.90. The Morgan fingerprint density at radius 2 is 2.00 bits per heavy atom. The highest BCUT2D eigenvalue weighted by molar-refractivity contribution is 5.94. The number of halogens is 2. The Labute approximate surface area is 127 Å². The first kappa shape index (κ1) is 14.7. The standard InChI is InChI=1S/C16H17F2N3O/c1-16(2,3)21-15-12(8-19-21)11(7-14(22)20-15)10-5-4-9(17)6-13(10)18/h4-6,8,11H,7H2,1-3H3,(H,20,22)/t11-/m1/s1. The summed E-state index contributed by atoms with van der Waals surface area (Å²) in [7, 11) is 0. The first-order chi connectivity index (χ1) is 10.3. The highest BCUT2D eigenvalue weighted by atomic mass is 19.1. The van der Waals surface area contributed by atoms with E-state index >= 15 is 0 Å². The highest BCUT2D eigenvalue weighted by Gasteiger charge is 2.33. The molecule has 2 aromatic rings. The number of anilines is 1. The van der Waals surface area contributed by atoms with E-state index in [1.54, 1.807) is 10.9 Å². The molecule has 116 valence electrons. The summed E-state index contributed by atoms with van der Waals surface area (Å²) in [5.74, 6) is -1.36. The summed E-state index contributed by atoms with van der Waals surface area (Å²) < 4.78 is 28.9. The topological polar surface area (TPSA) is 46.9 Å². The Balaban J connectivity index is 2.13. The van der Waals surface area contributed by atoms with Crippen LogP contribution in [-0.2, 0) is 10.3 Å². The van der Waals surface area contributed by atoms with E-state index in [4.69, 9.17) is 0 Å². The van der Waals surface area contributed by atoms with Gasteiger partial charge in [-0.1, -0.05) is 6.07 Å². The van der Waals surface area contributed by atoms with Crippen molar-refractivity contribution in [3.8, 4) is 0 Å². The normalized spacial score (nSPS) is 18.0. The SMILES string of the molecule is CC(C)(C)n1ncc2c1NC(=O)C[C@@H]2c1ccc(F)cc1F. The minimum Gasteiger partial charge on any atom is -0.311 e. The van der Waals surface area contributed by atoms with Crippen molar-refractivity contribution in [2.45, 2.75) is 38.6 Å². The molecule has 4 nitrogen and oxygen atoms in total. The molecule has 1 aromatic heterocycles. The molecule has 0 fully saturated rings. The molecule has 3 rings (SSSR count). The largest absolute Gasteiger partial charge is 0.311 e. The maximum atomic E-state index is 14.1. The van der Waals surface area contributed by atoms with Crippen LogP contribution in [0.2, 0.25) is 0 Å². The van der Waals surface area contributed by atoms with E-state index in [-0.39, 0.29) is 17.9 Å². The molecule has 0 spiro atoms. The number of rotatable bonds is 1. The Kier molecular flexibility index (Phi) is 3.27. The molecule has 0 bridgehead atoms. The van der Waals surface area contributed by atoms with E-state index in [0.29, 0.717) is 11.4 Å². The smallest absolute Gasteiger partial charge is 0.226 e. The second kappa shape index (κ2) is 4.90. The van der Waals surface area contributed by atoms with Crippen molar-refractivity contribution in [3.63, 3.8) is 0 Å². The number of amides is 1. The van der Waals surface area contributed by atoms with Crippen LogP contribution in [0.4, 0.5) is 14.6 Å². The third-order valence-corrected chi connectivity index (χ3v) is 3.79. The fourth-order valence-electron chi connectivity index (χ4n) is 2.79. The Morgan fingerprint density at radius 3 is 2.64 bits per heavy atom. The van der Waals surface area contributed by atoms with Crippen LogP contribution in [0.3, 0.4) is 0 Å². The van der Waals surface area contributed by atoms with Crippen LogP contribution in [0.15, 0.2) is 24.4 Å². The fraction of sp³-hybridized carbons (Fsp3) is 0.375. The molecule has 0 saturated carbocycles. The van der Waals surface area contributed by atoms with Gasteiger partial charge in [0.25, 0.3) is 0 Å². The molecule has 0 radical (unpaired) electrons. The second-order valence-corrected chi connectivity index (χ2v) is 6.50. The quantitative estimate of drug-likeness (QED) is 0.878. The predicted octanol–water partition coefficient (Wildman–Crippen LogP) is 3.39. The van der Waals surface area contributed by atoms with Crippen molar-refractivity contribution in [2.75, 3.05) is 5.32 Å². The zero-order valence-electron chi connectivity index (χ0n) is 12.7. The summed E-state index contributed by atoms with van der Waals surface area (Å²) in [6.07, 6.45) is 1.76. The van der Waals surface area contributed by atoms with Gasteiger partial charge in [0, 0.05) is 24.0 Å². The van der Waals surface area contributed by atoms with Crippen molar-refractivity contribution in [3.05, 3.63) is 47.2 Å². The first-order valence-electron chi connectivity index (χ1n) is 7.10. The van der Waals surface area contributed by atoms with Gasteiger partial charge in [0.1, 0.15) is 17.5 Å². The minimum absolute atomic E-state index is 0.116. The van der Waals surface area contributed by atoms with Crippen LogP contribution in [-0.4, -0.2) is 15.7 Å². The number of nitrogens with one attached hydrogen (secondary N) is 1. The molecule has 1 aliphatic rings. The number of carbonyl (C=O) groups excluding carboxylic acids is 1. The van der Waals surface area contributed by atoms with Crippen LogP contribution in [0.5, 0.6) is 0 Å². The van der Waals surface area contributed by atoms with Gasteiger partial charge in [-0.3, -0.25) is 4.79 Å². The molecule has 2 heterocycles. The minimum atomic E-state index is -0.644. The van der Waals surface area contributed by atoms with Gasteiger partial charge < -0.3 is 5.32 Å². The van der Waals surface area contributed by atoms with Crippen molar-refractivity contribution in [1.29, 1.82) is 0 Å². The van der Waals surface area contributed by atoms with Crippen LogP contribution >= 0.6 is 0 Å². The second-order valence-electron chi connectivity index (χ2n) is 6.50. The first-order valence-corrected chi connectivity index (χ1v) is 7.10. The maximum absolute atomic E-state index is 14.1. The molecule has 22 heavy (non-hydrogen) atoms. The lowest BCUT2D eigenvalue weighted by Crippen LogP contribution is -2.30. The number of benzene rings is 1. The molecular formula is C16H17F2N3O. The number of aromatic nitrogens is 2. The van der Waals surface area contributed by atoms with Gasteiger partial charge in [0.05, 0.1) is 11.7 Å². The number of hydrogen-bond donors (Lipinski definition) is 1. The molecule has 0 aliphatic carbocycles.